The Morgan fingerprint density at radius 2 is 1.70 bits per heavy atom. The predicted octanol–water partition coefficient (Wildman–Crippen LogP) is 5.15. The molecule has 0 radical (unpaired) electrons. The molecular formula is C46H57N11O7S2. The zero-order chi connectivity index (χ0) is 47.2. The summed E-state index contributed by atoms with van der Waals surface area (Å²) in [7, 11) is -1.59. The van der Waals surface area contributed by atoms with E-state index in [0.717, 1.165) is 43.9 Å². The van der Waals surface area contributed by atoms with Crippen LogP contribution < -0.4 is 21.1 Å². The van der Waals surface area contributed by atoms with Crippen LogP contribution in [0.1, 0.15) is 51.8 Å². The van der Waals surface area contributed by atoms with Gasteiger partial charge in [0.1, 0.15) is 30.2 Å². The van der Waals surface area contributed by atoms with Crippen LogP contribution in [0.5, 0.6) is 0 Å². The Hall–Kier alpha value is -6.22. The van der Waals surface area contributed by atoms with Gasteiger partial charge in [-0.05, 0) is 55.4 Å². The molecule has 1 fully saturated rings. The fraction of sp³-hybridized carbons (Fsp3) is 0.413. The summed E-state index contributed by atoms with van der Waals surface area (Å²) in [6.45, 7) is 10.9. The molecule has 0 bridgehead atoms. The molecule has 350 valence electrons. The second kappa shape index (κ2) is 20.5. The quantitative estimate of drug-likeness (QED) is 0.0774. The zero-order valence-corrected chi connectivity index (χ0v) is 39.7. The summed E-state index contributed by atoms with van der Waals surface area (Å²) >= 11 is 1.59. The van der Waals surface area contributed by atoms with Gasteiger partial charge in [0.25, 0.3) is 0 Å². The van der Waals surface area contributed by atoms with Gasteiger partial charge in [-0.1, -0.05) is 57.2 Å². The number of sulfonamides is 1. The molecule has 5 N–H and O–H groups in total. The minimum Gasteiger partial charge on any atom is -0.383 e. The van der Waals surface area contributed by atoms with E-state index in [4.69, 9.17) is 20.3 Å². The van der Waals surface area contributed by atoms with Gasteiger partial charge in [-0.2, -0.15) is 10.2 Å². The number of hydrogen-bond acceptors (Lipinski definition) is 13. The highest BCUT2D eigenvalue weighted by atomic mass is 32.2. The van der Waals surface area contributed by atoms with E-state index in [2.05, 4.69) is 30.4 Å². The summed E-state index contributed by atoms with van der Waals surface area (Å²) < 4.78 is 41.5. The van der Waals surface area contributed by atoms with Gasteiger partial charge < -0.3 is 30.7 Å². The van der Waals surface area contributed by atoms with Crippen LogP contribution in [0.25, 0.3) is 43.7 Å². The summed E-state index contributed by atoms with van der Waals surface area (Å²) in [6, 6.07) is 13.4. The molecule has 3 amide bonds. The molecular weight excluding hydrogens is 883 g/mol. The molecule has 1 aliphatic heterocycles. The molecule has 1 aliphatic rings. The van der Waals surface area contributed by atoms with Crippen molar-refractivity contribution < 1.29 is 32.3 Å². The van der Waals surface area contributed by atoms with Crippen LogP contribution >= 0.6 is 11.3 Å². The van der Waals surface area contributed by atoms with E-state index >= 15 is 0 Å². The number of carbonyl (C=O) groups excluding carboxylic acids is 3. The molecule has 20 heteroatoms. The highest BCUT2D eigenvalue weighted by Gasteiger charge is 2.41. The van der Waals surface area contributed by atoms with Crippen molar-refractivity contribution in [3.63, 3.8) is 0 Å². The maximum absolute atomic E-state index is 14.0. The maximum atomic E-state index is 14.0. The molecule has 0 unspecified atom stereocenters. The number of nitrogen functional groups attached to an aromatic ring is 1. The molecule has 5 heterocycles. The van der Waals surface area contributed by atoms with Crippen LogP contribution in [0, 0.1) is 12.3 Å². The van der Waals surface area contributed by atoms with Crippen LogP contribution in [0.2, 0.25) is 0 Å². The maximum Gasteiger partial charge on any atom is 0.246 e. The number of aromatic nitrogens is 6. The Labute approximate surface area is 388 Å². The number of pyridine rings is 1. The minimum atomic E-state index is -3.41. The molecule has 0 aliphatic carbocycles. The number of thiazole rings is 1. The first-order valence-corrected chi connectivity index (χ1v) is 24.3. The van der Waals surface area contributed by atoms with Crippen LogP contribution in [0.15, 0.2) is 72.6 Å². The van der Waals surface area contributed by atoms with E-state index in [1.807, 2.05) is 70.7 Å². The lowest BCUT2D eigenvalue weighted by atomic mass is 9.85. The number of nitrogens with zero attached hydrogens (tertiary/aromatic N) is 7. The third kappa shape index (κ3) is 11.2. The Bertz CT molecular complexity index is 2780. The first kappa shape index (κ1) is 47.7. The Morgan fingerprint density at radius 1 is 0.970 bits per heavy atom. The standard InChI is InChI=1S/C46H57N11O7S2/c1-7-66(61,62)54-34-16-14-31(15-17-34)39-38-40(55(6)53-39)35(25-48-43(38)47)33-24-51-56(26-33)19-20-63-21-22-64-27-37(58)52-42(46(3,4)5)45(60)57-18-8-9-36(57)44(59)49-23-30-10-12-32(13-11-30)41-29(2)50-28-65-41/h10-17,24-26,28,36,42,54H,7-9,18-23,27H2,1-6H3,(H2,47,48)(H,49,59)(H,52,58)/t36-,42+/m0/s1. The van der Waals surface area contributed by atoms with Gasteiger partial charge in [-0.25, -0.2) is 18.4 Å². The summed E-state index contributed by atoms with van der Waals surface area (Å²) in [5.74, 6) is -0.678. The van der Waals surface area contributed by atoms with Gasteiger partial charge in [0.05, 0.1) is 65.3 Å². The predicted molar refractivity (Wildman–Crippen MR) is 255 cm³/mol. The van der Waals surface area contributed by atoms with Crippen molar-refractivity contribution in [2.75, 3.05) is 49.2 Å². The van der Waals surface area contributed by atoms with Gasteiger partial charge in [-0.3, -0.25) is 28.5 Å². The number of rotatable bonds is 19. The molecule has 2 aromatic carbocycles. The highest BCUT2D eigenvalue weighted by Crippen LogP contribution is 2.37. The van der Waals surface area contributed by atoms with Crippen molar-refractivity contribution in [3.05, 3.63) is 83.9 Å². The van der Waals surface area contributed by atoms with Crippen LogP contribution in [-0.4, -0.2) is 111 Å². The molecule has 4 aromatic heterocycles. The van der Waals surface area contributed by atoms with E-state index < -0.39 is 33.4 Å². The number of nitrogens with one attached hydrogen (secondary N) is 3. The molecule has 0 saturated carbocycles. The number of amides is 3. The monoisotopic (exact) mass is 939 g/mol. The van der Waals surface area contributed by atoms with E-state index in [-0.39, 0.29) is 37.4 Å². The van der Waals surface area contributed by atoms with Gasteiger partial charge in [-0.15, -0.1) is 11.3 Å². The van der Waals surface area contributed by atoms with Crippen molar-refractivity contribution in [2.45, 2.75) is 72.6 Å². The third-order valence-electron chi connectivity index (χ3n) is 11.4. The highest BCUT2D eigenvalue weighted by molar-refractivity contribution is 7.92. The van der Waals surface area contributed by atoms with Crippen molar-refractivity contribution in [3.8, 4) is 32.8 Å². The van der Waals surface area contributed by atoms with E-state index in [9.17, 15) is 22.8 Å². The molecule has 18 nitrogen and oxygen atoms in total. The average molecular weight is 940 g/mol. The first-order chi connectivity index (χ1) is 31.5. The van der Waals surface area contributed by atoms with E-state index in [0.29, 0.717) is 61.7 Å². The number of aryl methyl sites for hydroxylation is 2. The van der Waals surface area contributed by atoms with Crippen molar-refractivity contribution >= 4 is 61.5 Å². The summed E-state index contributed by atoms with van der Waals surface area (Å²) in [6.07, 6.45) is 6.53. The van der Waals surface area contributed by atoms with Crippen LogP contribution in [0.3, 0.4) is 0 Å². The number of carbonyl (C=O) groups is 3. The number of ether oxygens (including phenoxy) is 2. The van der Waals surface area contributed by atoms with Crippen LogP contribution in [0.4, 0.5) is 11.5 Å². The number of nitrogens with two attached hydrogens (primary N) is 1. The SMILES string of the molecule is CCS(=O)(=O)Nc1ccc(-c2nn(C)c3c(-c4cnn(CCOCCOCC(=O)N[C@H](C(=O)N5CCC[C@H]5C(=O)NCc5ccc(-c6scnc6C)cc5)C(C)(C)C)c4)cnc(N)c23)cc1. The van der Waals surface area contributed by atoms with E-state index in [1.54, 1.807) is 69.2 Å². The van der Waals surface area contributed by atoms with Crippen molar-refractivity contribution in [1.82, 2.24) is 45.1 Å². The third-order valence-corrected chi connectivity index (χ3v) is 13.7. The van der Waals surface area contributed by atoms with Gasteiger partial charge >= 0.3 is 0 Å². The average Bonchev–Trinajstić information content (AvgIpc) is 4.12. The number of benzene rings is 2. The van der Waals surface area contributed by atoms with Gasteiger partial charge in [0, 0.05) is 54.9 Å². The number of hydrogen-bond donors (Lipinski definition) is 4. The number of likely N-dealkylation sites (tertiary alicyclic amines) is 1. The fourth-order valence-electron chi connectivity index (χ4n) is 7.84. The number of anilines is 2. The Balaban J connectivity index is 0.856. The Kier molecular flexibility index (Phi) is 14.8. The van der Waals surface area contributed by atoms with Crippen molar-refractivity contribution in [1.29, 1.82) is 0 Å². The molecule has 7 rings (SSSR count). The zero-order valence-electron chi connectivity index (χ0n) is 38.0. The fourth-order valence-corrected chi connectivity index (χ4v) is 9.30. The molecule has 66 heavy (non-hydrogen) atoms. The molecule has 6 aromatic rings. The largest absolute Gasteiger partial charge is 0.383 e. The molecule has 1 saturated heterocycles. The van der Waals surface area contributed by atoms with E-state index in [1.165, 1.54) is 0 Å². The summed E-state index contributed by atoms with van der Waals surface area (Å²) in [4.78, 5) is 52.0. The topological polar surface area (TPSA) is 231 Å². The van der Waals surface area contributed by atoms with Gasteiger partial charge in [0.15, 0.2) is 0 Å². The number of fused-ring (bicyclic) bond motifs is 1. The van der Waals surface area contributed by atoms with Crippen LogP contribution in [-0.2, 0) is 54.0 Å². The second-order valence-electron chi connectivity index (χ2n) is 17.2. The second-order valence-corrected chi connectivity index (χ2v) is 20.1. The lowest BCUT2D eigenvalue weighted by molar-refractivity contribution is -0.144. The molecule has 2 atom stereocenters. The Morgan fingerprint density at radius 3 is 2.39 bits per heavy atom. The smallest absolute Gasteiger partial charge is 0.246 e. The van der Waals surface area contributed by atoms with Crippen molar-refractivity contribution in [2.24, 2.45) is 12.5 Å². The lowest BCUT2D eigenvalue weighted by Crippen LogP contribution is -2.58. The molecule has 0 spiro atoms. The van der Waals surface area contributed by atoms with Gasteiger partial charge in [0.2, 0.25) is 27.7 Å². The summed E-state index contributed by atoms with van der Waals surface area (Å²) in [5, 5.41) is 15.8. The minimum absolute atomic E-state index is 0.0324. The first-order valence-electron chi connectivity index (χ1n) is 21.8. The normalized spacial score (nSPS) is 14.7. The summed E-state index contributed by atoms with van der Waals surface area (Å²) in [5.41, 5.74) is 14.8. The lowest BCUT2D eigenvalue weighted by Gasteiger charge is -2.35.